The van der Waals surface area contributed by atoms with E-state index in [4.69, 9.17) is 5.11 Å². The van der Waals surface area contributed by atoms with Crippen molar-refractivity contribution in [1.29, 1.82) is 0 Å². The summed E-state index contributed by atoms with van der Waals surface area (Å²) in [6.07, 6.45) is 1.69. The molecule has 1 fully saturated rings. The van der Waals surface area contributed by atoms with Crippen LogP contribution in [0.4, 0.5) is 8.78 Å². The third-order valence-electron chi connectivity index (χ3n) is 3.82. The van der Waals surface area contributed by atoms with E-state index in [2.05, 4.69) is 0 Å². The summed E-state index contributed by atoms with van der Waals surface area (Å²) in [7, 11) is 1.29. The normalized spacial score (nSPS) is 33.1. The zero-order valence-electron chi connectivity index (χ0n) is 9.92. The van der Waals surface area contributed by atoms with E-state index in [1.165, 1.54) is 7.05 Å². The first kappa shape index (κ1) is 13.0. The standard InChI is InChI=1S/C12H15F2NO3/c1-15(5-8(13)14)11(16)9-6-2-3-7(4-6)10(9)12(17)18/h2-3,6-10H,4-5H2,1H3,(H,17,18)/t6?,7?,9-,10+/m0/s1. The van der Waals surface area contributed by atoms with Gasteiger partial charge in [-0.05, 0) is 18.3 Å². The van der Waals surface area contributed by atoms with E-state index in [1.54, 1.807) is 0 Å². The molecule has 0 spiro atoms. The number of carboxylic acid groups (broad SMARTS) is 1. The number of carbonyl (C=O) groups is 2. The van der Waals surface area contributed by atoms with Crippen LogP contribution in [-0.4, -0.2) is 41.9 Å². The lowest BCUT2D eigenvalue weighted by molar-refractivity contribution is -0.151. The van der Waals surface area contributed by atoms with Gasteiger partial charge in [-0.1, -0.05) is 12.2 Å². The molecule has 2 aliphatic rings. The molecule has 4 atom stereocenters. The molecule has 0 aromatic carbocycles. The van der Waals surface area contributed by atoms with Crippen molar-refractivity contribution in [2.24, 2.45) is 23.7 Å². The topological polar surface area (TPSA) is 57.6 Å². The maximum absolute atomic E-state index is 12.3. The number of amides is 1. The third kappa shape index (κ3) is 2.11. The molecule has 0 aromatic rings. The van der Waals surface area contributed by atoms with Crippen LogP contribution in [-0.2, 0) is 9.59 Å². The highest BCUT2D eigenvalue weighted by atomic mass is 19.3. The van der Waals surface area contributed by atoms with Crippen molar-refractivity contribution in [3.63, 3.8) is 0 Å². The van der Waals surface area contributed by atoms with E-state index in [0.29, 0.717) is 6.42 Å². The van der Waals surface area contributed by atoms with Crippen LogP contribution in [0.2, 0.25) is 0 Å². The fraction of sp³-hybridized carbons (Fsp3) is 0.667. The number of carbonyl (C=O) groups excluding carboxylic acids is 1. The van der Waals surface area contributed by atoms with Gasteiger partial charge in [0.1, 0.15) is 0 Å². The number of allylic oxidation sites excluding steroid dienone is 2. The van der Waals surface area contributed by atoms with Crippen molar-refractivity contribution >= 4 is 11.9 Å². The number of nitrogens with zero attached hydrogens (tertiary/aromatic N) is 1. The van der Waals surface area contributed by atoms with E-state index >= 15 is 0 Å². The van der Waals surface area contributed by atoms with Crippen LogP contribution in [0, 0.1) is 23.7 Å². The van der Waals surface area contributed by atoms with Gasteiger partial charge in [0, 0.05) is 7.05 Å². The molecule has 18 heavy (non-hydrogen) atoms. The van der Waals surface area contributed by atoms with Crippen molar-refractivity contribution in [2.45, 2.75) is 12.8 Å². The summed E-state index contributed by atoms with van der Waals surface area (Å²) in [5.74, 6) is -3.23. The first-order valence-electron chi connectivity index (χ1n) is 5.86. The summed E-state index contributed by atoms with van der Waals surface area (Å²) in [5, 5.41) is 9.17. The van der Waals surface area contributed by atoms with E-state index < -0.39 is 36.7 Å². The number of rotatable bonds is 4. The smallest absolute Gasteiger partial charge is 0.307 e. The summed E-state index contributed by atoms with van der Waals surface area (Å²) < 4.78 is 24.5. The molecular formula is C12H15F2NO3. The molecule has 0 aromatic heterocycles. The second kappa shape index (κ2) is 4.66. The molecule has 1 amide bonds. The minimum atomic E-state index is -2.60. The number of hydrogen-bond donors (Lipinski definition) is 1. The number of halogens is 2. The Bertz CT molecular complexity index is 397. The Kier molecular flexibility index (Phi) is 3.36. The predicted molar refractivity (Wildman–Crippen MR) is 59.0 cm³/mol. The molecule has 0 radical (unpaired) electrons. The van der Waals surface area contributed by atoms with Gasteiger partial charge >= 0.3 is 5.97 Å². The van der Waals surface area contributed by atoms with Gasteiger partial charge in [0.05, 0.1) is 18.4 Å². The molecule has 4 nitrogen and oxygen atoms in total. The van der Waals surface area contributed by atoms with Gasteiger partial charge < -0.3 is 10.0 Å². The summed E-state index contributed by atoms with van der Waals surface area (Å²) in [6.45, 7) is -0.650. The maximum Gasteiger partial charge on any atom is 0.307 e. The monoisotopic (exact) mass is 259 g/mol. The predicted octanol–water partition coefficient (Wildman–Crippen LogP) is 1.23. The second-order valence-electron chi connectivity index (χ2n) is 4.95. The molecule has 0 saturated heterocycles. The zero-order valence-corrected chi connectivity index (χ0v) is 9.92. The van der Waals surface area contributed by atoms with Gasteiger partial charge in [-0.2, -0.15) is 0 Å². The van der Waals surface area contributed by atoms with Gasteiger partial charge in [-0.25, -0.2) is 8.78 Å². The van der Waals surface area contributed by atoms with Gasteiger partial charge in [-0.3, -0.25) is 9.59 Å². The quantitative estimate of drug-likeness (QED) is 0.773. The number of alkyl halides is 2. The molecular weight excluding hydrogens is 244 g/mol. The summed E-state index contributed by atoms with van der Waals surface area (Å²) in [4.78, 5) is 24.2. The van der Waals surface area contributed by atoms with Crippen molar-refractivity contribution in [3.8, 4) is 0 Å². The second-order valence-corrected chi connectivity index (χ2v) is 4.95. The number of hydrogen-bond acceptors (Lipinski definition) is 2. The highest BCUT2D eigenvalue weighted by molar-refractivity contribution is 5.86. The summed E-state index contributed by atoms with van der Waals surface area (Å²) in [6, 6.07) is 0. The van der Waals surface area contributed by atoms with Crippen LogP contribution >= 0.6 is 0 Å². The lowest BCUT2D eigenvalue weighted by Gasteiger charge is -2.28. The van der Waals surface area contributed by atoms with Crippen molar-refractivity contribution < 1.29 is 23.5 Å². The molecule has 0 heterocycles. The van der Waals surface area contributed by atoms with Crippen LogP contribution in [0.1, 0.15) is 6.42 Å². The van der Waals surface area contributed by atoms with E-state index in [-0.39, 0.29) is 11.8 Å². The highest BCUT2D eigenvalue weighted by Crippen LogP contribution is 2.48. The van der Waals surface area contributed by atoms with Gasteiger partial charge in [0.2, 0.25) is 5.91 Å². The van der Waals surface area contributed by atoms with Crippen molar-refractivity contribution in [3.05, 3.63) is 12.2 Å². The first-order valence-corrected chi connectivity index (χ1v) is 5.86. The molecule has 1 saturated carbocycles. The Morgan fingerprint density at radius 1 is 1.33 bits per heavy atom. The van der Waals surface area contributed by atoms with Crippen LogP contribution in [0.3, 0.4) is 0 Å². The molecule has 2 aliphatic carbocycles. The van der Waals surface area contributed by atoms with Gasteiger partial charge in [-0.15, -0.1) is 0 Å². The largest absolute Gasteiger partial charge is 0.481 e. The minimum Gasteiger partial charge on any atom is -0.481 e. The first-order chi connectivity index (χ1) is 8.41. The zero-order chi connectivity index (χ0) is 13.4. The molecule has 0 aliphatic heterocycles. The highest BCUT2D eigenvalue weighted by Gasteiger charge is 2.52. The lowest BCUT2D eigenvalue weighted by atomic mass is 9.82. The summed E-state index contributed by atoms with van der Waals surface area (Å²) >= 11 is 0. The number of carboxylic acids is 1. The minimum absolute atomic E-state index is 0.122. The van der Waals surface area contributed by atoms with E-state index in [1.807, 2.05) is 12.2 Å². The molecule has 2 unspecified atom stereocenters. The Morgan fingerprint density at radius 3 is 2.39 bits per heavy atom. The molecule has 2 bridgehead atoms. The van der Waals surface area contributed by atoms with Crippen LogP contribution in [0.25, 0.3) is 0 Å². The Morgan fingerprint density at radius 2 is 1.89 bits per heavy atom. The van der Waals surface area contributed by atoms with Crippen LogP contribution in [0.5, 0.6) is 0 Å². The number of aliphatic carboxylic acids is 1. The summed E-state index contributed by atoms with van der Waals surface area (Å²) in [5.41, 5.74) is 0. The van der Waals surface area contributed by atoms with E-state index in [9.17, 15) is 18.4 Å². The third-order valence-corrected chi connectivity index (χ3v) is 3.82. The fourth-order valence-electron chi connectivity index (χ4n) is 3.05. The molecule has 2 rings (SSSR count). The number of fused-ring (bicyclic) bond motifs is 2. The SMILES string of the molecule is CN(CC(F)F)C(=O)[C@H]1C2C=CC(C2)[C@H]1C(=O)O. The lowest BCUT2D eigenvalue weighted by Crippen LogP contribution is -2.42. The average molecular weight is 259 g/mol. The Labute approximate surface area is 103 Å². The molecule has 1 N–H and O–H groups in total. The maximum atomic E-state index is 12.3. The Hall–Kier alpha value is -1.46. The van der Waals surface area contributed by atoms with Gasteiger partial charge in [0.25, 0.3) is 6.43 Å². The van der Waals surface area contributed by atoms with Crippen LogP contribution in [0.15, 0.2) is 12.2 Å². The van der Waals surface area contributed by atoms with Crippen molar-refractivity contribution in [1.82, 2.24) is 4.90 Å². The van der Waals surface area contributed by atoms with E-state index in [0.717, 1.165) is 4.90 Å². The fourth-order valence-corrected chi connectivity index (χ4v) is 3.05. The van der Waals surface area contributed by atoms with Crippen molar-refractivity contribution in [2.75, 3.05) is 13.6 Å². The molecule has 100 valence electrons. The Balaban J connectivity index is 2.14. The average Bonchev–Trinajstić information content (AvgIpc) is 2.85. The van der Waals surface area contributed by atoms with Crippen LogP contribution < -0.4 is 0 Å². The van der Waals surface area contributed by atoms with Gasteiger partial charge in [0.15, 0.2) is 0 Å². The molecule has 6 heteroatoms.